The molecule has 1 unspecified atom stereocenters. The minimum atomic E-state index is -0.881. The molecule has 188 valence electrons. The van der Waals surface area contributed by atoms with Crippen LogP contribution in [0.2, 0.25) is 0 Å². The lowest BCUT2D eigenvalue weighted by atomic mass is 9.74. The first-order valence-electron chi connectivity index (χ1n) is 12.7. The van der Waals surface area contributed by atoms with Gasteiger partial charge < -0.3 is 19.6 Å². The van der Waals surface area contributed by atoms with E-state index in [4.69, 9.17) is 4.74 Å². The summed E-state index contributed by atoms with van der Waals surface area (Å²) < 4.78 is 4.13. The minimum absolute atomic E-state index is 0.0885. The Morgan fingerprint density at radius 3 is 2.68 bits per heavy atom. The minimum Gasteiger partial charge on any atom is -0.465 e. The molecule has 2 fully saturated rings. The zero-order chi connectivity index (χ0) is 24.5. The molecule has 1 N–H and O–H groups in total. The maximum atomic E-state index is 14.0. The quantitative estimate of drug-likeness (QED) is 0.350. The second-order valence-corrected chi connectivity index (χ2v) is 12.0. The van der Waals surface area contributed by atoms with Crippen molar-refractivity contribution in [2.24, 2.45) is 11.8 Å². The highest BCUT2D eigenvalue weighted by molar-refractivity contribution is 8.02. The van der Waals surface area contributed by atoms with Gasteiger partial charge in [0.15, 0.2) is 0 Å². The molecular formula is C26H38N2O5S. The van der Waals surface area contributed by atoms with Crippen LogP contribution < -0.4 is 0 Å². The van der Waals surface area contributed by atoms with Crippen molar-refractivity contribution in [3.05, 3.63) is 24.3 Å². The smallest absolute Gasteiger partial charge is 0.311 e. The number of rotatable bonds is 6. The number of ether oxygens (including phenoxy) is 1. The maximum absolute atomic E-state index is 14.0. The van der Waals surface area contributed by atoms with Crippen molar-refractivity contribution in [3.63, 3.8) is 0 Å². The summed E-state index contributed by atoms with van der Waals surface area (Å²) in [6, 6.07) is -1.28. The zero-order valence-electron chi connectivity index (χ0n) is 20.6. The van der Waals surface area contributed by atoms with E-state index in [1.807, 2.05) is 24.0 Å². The molecule has 8 heteroatoms. The number of cyclic esters (lactones) is 1. The number of amides is 2. The number of aliphatic hydroxyl groups excluding tert-OH is 1. The van der Waals surface area contributed by atoms with Crippen LogP contribution in [-0.4, -0.2) is 80.6 Å². The predicted octanol–water partition coefficient (Wildman–Crippen LogP) is 2.93. The standard InChI is InChI=1S/C26H38N2O5S/c1-4-5-9-14-27-15-11-13-26-19(22(30)28(18(2)17-29)21(26)23(27)31)20-24(32)33-16-10-7-6-8-12-25(20,3)34-26/h8,11-13,18-21,29H,4-7,9-10,14-17H2,1-3H3/b12-8-/t18-,19+,20-,21?,25+,26+/m1/s1. The van der Waals surface area contributed by atoms with Crippen molar-refractivity contribution in [1.29, 1.82) is 0 Å². The Bertz CT molecular complexity index is 875. The monoisotopic (exact) mass is 490 g/mol. The van der Waals surface area contributed by atoms with E-state index in [0.717, 1.165) is 38.5 Å². The average molecular weight is 491 g/mol. The number of hydrogen-bond acceptors (Lipinski definition) is 6. The van der Waals surface area contributed by atoms with Gasteiger partial charge in [0.25, 0.3) is 0 Å². The van der Waals surface area contributed by atoms with Crippen LogP contribution in [0.1, 0.15) is 59.3 Å². The van der Waals surface area contributed by atoms with Crippen LogP contribution in [0.3, 0.4) is 0 Å². The summed E-state index contributed by atoms with van der Waals surface area (Å²) in [4.78, 5) is 44.9. The Morgan fingerprint density at radius 1 is 1.15 bits per heavy atom. The molecule has 4 aliphatic rings. The third kappa shape index (κ3) is 4.11. The molecule has 34 heavy (non-hydrogen) atoms. The zero-order valence-corrected chi connectivity index (χ0v) is 21.4. The summed E-state index contributed by atoms with van der Waals surface area (Å²) in [5.41, 5.74) is 0. The highest BCUT2D eigenvalue weighted by Crippen LogP contribution is 2.65. The lowest BCUT2D eigenvalue weighted by Crippen LogP contribution is -2.56. The Hall–Kier alpha value is -1.80. The topological polar surface area (TPSA) is 87.2 Å². The van der Waals surface area contributed by atoms with Crippen LogP contribution in [-0.2, 0) is 19.1 Å². The summed E-state index contributed by atoms with van der Waals surface area (Å²) in [6.45, 7) is 7.13. The molecule has 0 bridgehead atoms. The lowest BCUT2D eigenvalue weighted by Gasteiger charge is -2.39. The van der Waals surface area contributed by atoms with E-state index in [2.05, 4.69) is 19.1 Å². The molecule has 0 radical (unpaired) electrons. The molecule has 0 saturated carbocycles. The van der Waals surface area contributed by atoms with Gasteiger partial charge in [-0.1, -0.05) is 44.1 Å². The Labute approximate surface area is 206 Å². The second kappa shape index (κ2) is 10.1. The number of aliphatic hydroxyl groups is 1. The van der Waals surface area contributed by atoms with Gasteiger partial charge in [-0.2, -0.15) is 0 Å². The molecule has 4 heterocycles. The molecule has 2 saturated heterocycles. The molecular weight excluding hydrogens is 452 g/mol. The molecule has 7 nitrogen and oxygen atoms in total. The number of likely N-dealkylation sites (tertiary alicyclic amines) is 1. The highest BCUT2D eigenvalue weighted by atomic mass is 32.2. The summed E-state index contributed by atoms with van der Waals surface area (Å²) in [5.74, 6) is -2.09. The van der Waals surface area contributed by atoms with E-state index in [1.54, 1.807) is 23.6 Å². The van der Waals surface area contributed by atoms with Crippen molar-refractivity contribution in [2.45, 2.75) is 80.9 Å². The van der Waals surface area contributed by atoms with E-state index in [1.165, 1.54) is 0 Å². The third-order valence-electron chi connectivity index (χ3n) is 7.79. The number of allylic oxidation sites excluding steroid dienone is 1. The Morgan fingerprint density at radius 2 is 1.94 bits per heavy atom. The SMILES string of the molecule is CCCCCN1CC=C[C@]23S[C@@]4(C)/C=C\CCCCOC(=O)[C@H]4[C@H]2C(=O)N([C@H](C)CO)C3C1=O. The van der Waals surface area contributed by atoms with Crippen LogP contribution in [0.5, 0.6) is 0 Å². The second-order valence-electron chi connectivity index (χ2n) is 10.2. The van der Waals surface area contributed by atoms with Gasteiger partial charge >= 0.3 is 5.97 Å². The lowest BCUT2D eigenvalue weighted by molar-refractivity contribution is -0.154. The number of hydrogen-bond donors (Lipinski definition) is 1. The molecule has 4 aliphatic heterocycles. The molecule has 0 aromatic heterocycles. The first-order chi connectivity index (χ1) is 16.3. The summed E-state index contributed by atoms with van der Waals surface area (Å²) in [6.07, 6.45) is 13.8. The average Bonchev–Trinajstić information content (AvgIpc) is 3.15. The Kier molecular flexibility index (Phi) is 7.48. The Balaban J connectivity index is 1.81. The first kappa shape index (κ1) is 25.3. The van der Waals surface area contributed by atoms with E-state index < -0.39 is 33.4 Å². The van der Waals surface area contributed by atoms with Crippen LogP contribution >= 0.6 is 11.8 Å². The molecule has 0 aliphatic carbocycles. The van der Waals surface area contributed by atoms with Crippen molar-refractivity contribution in [1.82, 2.24) is 9.80 Å². The summed E-state index contributed by atoms with van der Waals surface area (Å²) in [5, 5.41) is 10.00. The van der Waals surface area contributed by atoms with Crippen LogP contribution in [0.15, 0.2) is 24.3 Å². The molecule has 1 spiro atoms. The number of esters is 1. The van der Waals surface area contributed by atoms with E-state index in [0.29, 0.717) is 19.7 Å². The predicted molar refractivity (Wildman–Crippen MR) is 132 cm³/mol. The van der Waals surface area contributed by atoms with Gasteiger partial charge in [0.05, 0.1) is 35.8 Å². The normalized spacial score (nSPS) is 37.5. The highest BCUT2D eigenvalue weighted by Gasteiger charge is 2.74. The summed E-state index contributed by atoms with van der Waals surface area (Å²) >= 11 is 1.56. The molecule has 6 atom stereocenters. The van der Waals surface area contributed by atoms with Gasteiger partial charge in [-0.3, -0.25) is 14.4 Å². The van der Waals surface area contributed by atoms with Gasteiger partial charge in [0.2, 0.25) is 11.8 Å². The molecule has 2 amide bonds. The number of carbonyl (C=O) groups is 3. The maximum Gasteiger partial charge on any atom is 0.311 e. The van der Waals surface area contributed by atoms with Gasteiger partial charge in [0.1, 0.15) is 6.04 Å². The van der Waals surface area contributed by atoms with Crippen LogP contribution in [0.4, 0.5) is 0 Å². The van der Waals surface area contributed by atoms with E-state index in [9.17, 15) is 19.5 Å². The molecule has 4 rings (SSSR count). The fourth-order valence-electron chi connectivity index (χ4n) is 6.10. The van der Waals surface area contributed by atoms with Gasteiger partial charge in [-0.15, -0.1) is 11.8 Å². The van der Waals surface area contributed by atoms with Gasteiger partial charge in [-0.25, -0.2) is 0 Å². The van der Waals surface area contributed by atoms with Crippen LogP contribution in [0, 0.1) is 11.8 Å². The molecule has 0 aromatic carbocycles. The number of unbranched alkanes of at least 4 members (excludes halogenated alkanes) is 2. The summed E-state index contributed by atoms with van der Waals surface area (Å²) in [7, 11) is 0. The number of fused-ring (bicyclic) bond motifs is 2. The number of carbonyl (C=O) groups excluding carboxylic acids is 3. The number of nitrogens with zero attached hydrogens (tertiary/aromatic N) is 2. The van der Waals surface area contributed by atoms with Crippen LogP contribution in [0.25, 0.3) is 0 Å². The largest absolute Gasteiger partial charge is 0.465 e. The first-order valence-corrected chi connectivity index (χ1v) is 13.6. The van der Waals surface area contributed by atoms with E-state index in [-0.39, 0.29) is 24.4 Å². The third-order valence-corrected chi connectivity index (χ3v) is 9.59. The van der Waals surface area contributed by atoms with Gasteiger partial charge in [0, 0.05) is 17.8 Å². The number of thioether (sulfide) groups is 1. The van der Waals surface area contributed by atoms with Crippen molar-refractivity contribution >= 4 is 29.5 Å². The van der Waals surface area contributed by atoms with E-state index >= 15 is 0 Å². The molecule has 0 aromatic rings. The van der Waals surface area contributed by atoms with Gasteiger partial charge in [-0.05, 0) is 39.5 Å². The van der Waals surface area contributed by atoms with Crippen molar-refractivity contribution in [3.8, 4) is 0 Å². The fourth-order valence-corrected chi connectivity index (χ4v) is 8.24. The van der Waals surface area contributed by atoms with Crippen molar-refractivity contribution < 1.29 is 24.2 Å². The van der Waals surface area contributed by atoms with Crippen molar-refractivity contribution in [2.75, 3.05) is 26.3 Å². The fraction of sp³-hybridized carbons (Fsp3) is 0.731.